The lowest BCUT2D eigenvalue weighted by Crippen LogP contribution is -2.36. The molecule has 11 heteroatoms. The van der Waals surface area contributed by atoms with Crippen molar-refractivity contribution in [3.05, 3.63) is 33.9 Å². The number of carbonyl (C=O) groups excluding carboxylic acids is 1. The highest BCUT2D eigenvalue weighted by Gasteiger charge is 2.33. The van der Waals surface area contributed by atoms with Crippen LogP contribution < -0.4 is 5.32 Å². The van der Waals surface area contributed by atoms with Gasteiger partial charge >= 0.3 is 6.18 Å². The van der Waals surface area contributed by atoms with Crippen molar-refractivity contribution in [3.8, 4) is 0 Å². The molecule has 1 N–H and O–H groups in total. The van der Waals surface area contributed by atoms with Crippen LogP contribution in [0.1, 0.15) is 25.3 Å². The number of amides is 1. The van der Waals surface area contributed by atoms with E-state index in [1.54, 1.807) is 6.92 Å². The summed E-state index contributed by atoms with van der Waals surface area (Å²) in [5, 5.41) is 13.5. The minimum Gasteiger partial charge on any atom is -0.379 e. The molecule has 0 unspecified atom stereocenters. The van der Waals surface area contributed by atoms with E-state index in [1.165, 1.54) is 0 Å². The normalized spacial score (nSPS) is 11.5. The van der Waals surface area contributed by atoms with Gasteiger partial charge in [0.25, 0.3) is 12.1 Å². The number of nitrogens with one attached hydrogen (secondary N) is 1. The van der Waals surface area contributed by atoms with Gasteiger partial charge in [0.15, 0.2) is 0 Å². The fraction of sp³-hybridized carbons (Fsp3) is 0.533. The maximum Gasteiger partial charge on any atom is 0.416 e. The van der Waals surface area contributed by atoms with E-state index in [0.717, 1.165) is 11.0 Å². The maximum absolute atomic E-state index is 12.6. The second kappa shape index (κ2) is 9.30. The lowest BCUT2D eigenvalue weighted by molar-refractivity contribution is -0.384. The monoisotopic (exact) mass is 383 g/mol. The molecule has 0 spiro atoms. The molecule has 0 aromatic heterocycles. The van der Waals surface area contributed by atoms with Crippen LogP contribution in [0.3, 0.4) is 0 Å². The van der Waals surface area contributed by atoms with Crippen molar-refractivity contribution in [3.63, 3.8) is 0 Å². The summed E-state index contributed by atoms with van der Waals surface area (Å²) in [4.78, 5) is 22.9. The second-order valence-corrected chi connectivity index (χ2v) is 5.39. The second-order valence-electron chi connectivity index (χ2n) is 5.39. The molecule has 146 valence electrons. The Bertz CT molecular complexity index is 637. The van der Waals surface area contributed by atoms with Crippen molar-refractivity contribution in [2.75, 3.05) is 25.0 Å². The maximum atomic E-state index is 12.6. The van der Waals surface area contributed by atoms with Gasteiger partial charge in [-0.05, 0) is 18.6 Å². The van der Waals surface area contributed by atoms with E-state index in [4.69, 9.17) is 0 Å². The van der Waals surface area contributed by atoms with Crippen molar-refractivity contribution in [1.29, 1.82) is 0 Å². The molecule has 0 fully saturated rings. The van der Waals surface area contributed by atoms with Crippen LogP contribution in [0.25, 0.3) is 0 Å². The summed E-state index contributed by atoms with van der Waals surface area (Å²) < 4.78 is 62.8. The zero-order chi connectivity index (χ0) is 19.9. The zero-order valence-corrected chi connectivity index (χ0v) is 13.9. The molecule has 0 aliphatic heterocycles. The highest BCUT2D eigenvalue weighted by atomic mass is 19.4. The summed E-state index contributed by atoms with van der Waals surface area (Å²) in [7, 11) is 0. The summed E-state index contributed by atoms with van der Waals surface area (Å²) in [5.74, 6) is -0.575. The minimum absolute atomic E-state index is 0.142. The summed E-state index contributed by atoms with van der Waals surface area (Å²) in [5.41, 5.74) is -2.14. The molecular formula is C15H18F5N3O3. The first-order valence-corrected chi connectivity index (χ1v) is 7.71. The van der Waals surface area contributed by atoms with Gasteiger partial charge in [-0.25, -0.2) is 8.78 Å². The third-order valence-electron chi connectivity index (χ3n) is 3.38. The van der Waals surface area contributed by atoms with E-state index in [9.17, 15) is 36.9 Å². The van der Waals surface area contributed by atoms with Crippen LogP contribution in [0, 0.1) is 10.1 Å². The Morgan fingerprint density at radius 2 is 2.00 bits per heavy atom. The number of rotatable bonds is 9. The lowest BCUT2D eigenvalue weighted by atomic mass is 10.1. The fourth-order valence-corrected chi connectivity index (χ4v) is 2.23. The first-order valence-electron chi connectivity index (χ1n) is 7.71. The molecule has 0 aliphatic rings. The quantitative estimate of drug-likeness (QED) is 0.398. The Hall–Kier alpha value is -2.46. The van der Waals surface area contributed by atoms with E-state index in [0.29, 0.717) is 18.6 Å². The number of anilines is 1. The number of nitro groups is 1. The van der Waals surface area contributed by atoms with Gasteiger partial charge < -0.3 is 10.2 Å². The van der Waals surface area contributed by atoms with Gasteiger partial charge in [0.1, 0.15) is 5.69 Å². The number of nitro benzene ring substituents is 1. The van der Waals surface area contributed by atoms with E-state index < -0.39 is 41.2 Å². The Morgan fingerprint density at radius 3 is 2.50 bits per heavy atom. The molecule has 0 saturated heterocycles. The highest BCUT2D eigenvalue weighted by molar-refractivity contribution is 5.77. The van der Waals surface area contributed by atoms with Crippen LogP contribution >= 0.6 is 0 Å². The molecule has 6 nitrogen and oxygen atoms in total. The predicted octanol–water partition coefficient (Wildman–Crippen LogP) is 3.92. The Balaban J connectivity index is 2.77. The zero-order valence-electron chi connectivity index (χ0n) is 13.9. The molecule has 0 saturated carbocycles. The molecule has 1 amide bonds. The van der Waals surface area contributed by atoms with Gasteiger partial charge in [0.2, 0.25) is 5.91 Å². The Kier molecular flexibility index (Phi) is 7.72. The largest absolute Gasteiger partial charge is 0.416 e. The van der Waals surface area contributed by atoms with Crippen molar-refractivity contribution in [2.45, 2.75) is 32.4 Å². The van der Waals surface area contributed by atoms with Crippen LogP contribution in [-0.2, 0) is 11.0 Å². The fourth-order valence-electron chi connectivity index (χ4n) is 2.23. The molecule has 1 aromatic carbocycles. The molecule has 1 aromatic rings. The number of carbonyl (C=O) groups is 1. The van der Waals surface area contributed by atoms with Crippen molar-refractivity contribution in [2.24, 2.45) is 0 Å². The molecule has 1 rings (SSSR count). The average Bonchev–Trinajstić information content (AvgIpc) is 2.53. The van der Waals surface area contributed by atoms with Gasteiger partial charge in [0.05, 0.1) is 17.0 Å². The molecule has 0 heterocycles. The highest BCUT2D eigenvalue weighted by Crippen LogP contribution is 2.34. The summed E-state index contributed by atoms with van der Waals surface area (Å²) in [6.45, 7) is 1.00. The van der Waals surface area contributed by atoms with Crippen molar-refractivity contribution in [1.82, 2.24) is 4.90 Å². The summed E-state index contributed by atoms with van der Waals surface area (Å²) in [6, 6.07) is 1.97. The van der Waals surface area contributed by atoms with Crippen LogP contribution in [0.4, 0.5) is 33.3 Å². The van der Waals surface area contributed by atoms with Gasteiger partial charge in [-0.3, -0.25) is 14.9 Å². The number of hydrogen-bond acceptors (Lipinski definition) is 4. The van der Waals surface area contributed by atoms with E-state index in [1.807, 2.05) is 0 Å². The van der Waals surface area contributed by atoms with Gasteiger partial charge in [-0.15, -0.1) is 0 Å². The van der Waals surface area contributed by atoms with Gasteiger partial charge in [-0.2, -0.15) is 13.2 Å². The SMILES string of the molecule is CCCN(CC(F)F)C(=O)CCNc1ccc(C(F)(F)F)cc1[N+](=O)[O-]. The predicted molar refractivity (Wildman–Crippen MR) is 84.1 cm³/mol. The number of alkyl halides is 5. The minimum atomic E-state index is -4.73. The van der Waals surface area contributed by atoms with E-state index in [2.05, 4.69) is 5.32 Å². The van der Waals surface area contributed by atoms with Gasteiger partial charge in [0, 0.05) is 25.6 Å². The Morgan fingerprint density at radius 1 is 1.35 bits per heavy atom. The number of halogens is 5. The van der Waals surface area contributed by atoms with E-state index >= 15 is 0 Å². The third-order valence-corrected chi connectivity index (χ3v) is 3.38. The first-order chi connectivity index (χ1) is 12.1. The van der Waals surface area contributed by atoms with E-state index in [-0.39, 0.29) is 25.2 Å². The molecule has 0 radical (unpaired) electrons. The molecule has 26 heavy (non-hydrogen) atoms. The lowest BCUT2D eigenvalue weighted by Gasteiger charge is -2.21. The third kappa shape index (κ3) is 6.45. The van der Waals surface area contributed by atoms with Gasteiger partial charge in [-0.1, -0.05) is 6.92 Å². The summed E-state index contributed by atoms with van der Waals surface area (Å²) >= 11 is 0. The van der Waals surface area contributed by atoms with Crippen molar-refractivity contribution >= 4 is 17.3 Å². The molecule has 0 aliphatic carbocycles. The standard InChI is InChI=1S/C15H18F5N3O3/c1-2-7-22(9-13(16)17)14(24)5-6-21-11-4-3-10(15(18,19)20)8-12(11)23(25)26/h3-4,8,13,21H,2,5-7,9H2,1H3. The van der Waals surface area contributed by atoms with Crippen LogP contribution in [0.5, 0.6) is 0 Å². The molecule has 0 bridgehead atoms. The number of nitrogens with zero attached hydrogens (tertiary/aromatic N) is 2. The molecule has 0 atom stereocenters. The number of hydrogen-bond donors (Lipinski definition) is 1. The van der Waals surface area contributed by atoms with Crippen LogP contribution in [0.2, 0.25) is 0 Å². The average molecular weight is 383 g/mol. The smallest absolute Gasteiger partial charge is 0.379 e. The molecular weight excluding hydrogens is 365 g/mol. The first kappa shape index (κ1) is 21.6. The Labute approximate surface area is 146 Å². The summed E-state index contributed by atoms with van der Waals surface area (Å²) in [6.07, 6.45) is -7.16. The van der Waals surface area contributed by atoms with Crippen LogP contribution in [0.15, 0.2) is 18.2 Å². The van der Waals surface area contributed by atoms with Crippen molar-refractivity contribution < 1.29 is 31.7 Å². The number of benzene rings is 1. The topological polar surface area (TPSA) is 75.5 Å². The van der Waals surface area contributed by atoms with Crippen LogP contribution in [-0.4, -0.2) is 41.8 Å².